The molecule has 0 N–H and O–H groups in total. The number of esters is 1. The van der Waals surface area contributed by atoms with Gasteiger partial charge in [0.1, 0.15) is 6.04 Å². The summed E-state index contributed by atoms with van der Waals surface area (Å²) >= 11 is 0. The van der Waals surface area contributed by atoms with Gasteiger partial charge in [-0.1, -0.05) is 37.3 Å². The Morgan fingerprint density at radius 2 is 1.94 bits per heavy atom. The van der Waals surface area contributed by atoms with Gasteiger partial charge in [-0.15, -0.1) is 0 Å². The number of rotatable bonds is 5. The fraction of sp³-hybridized carbons (Fsp3) is 0.462. The number of benzene rings is 1. The molecule has 3 heteroatoms. The molecular weight excluding hydrogens is 202 g/mol. The fourth-order valence-corrected chi connectivity index (χ4v) is 1.61. The first-order valence-electron chi connectivity index (χ1n) is 5.62. The summed E-state index contributed by atoms with van der Waals surface area (Å²) in [5, 5.41) is 0. The third-order valence-electron chi connectivity index (χ3n) is 2.56. The Morgan fingerprint density at radius 3 is 2.44 bits per heavy atom. The standard InChI is InChI=1S/C13H19NO2/c1-4-14(3)12(13(15)16-5-2)11-9-7-6-8-10-11/h6-10,12H,4-5H2,1-3H3. The van der Waals surface area contributed by atoms with Crippen LogP contribution in [0.3, 0.4) is 0 Å². The lowest BCUT2D eigenvalue weighted by Crippen LogP contribution is -2.32. The van der Waals surface area contributed by atoms with E-state index in [1.165, 1.54) is 0 Å². The third-order valence-corrected chi connectivity index (χ3v) is 2.56. The molecule has 16 heavy (non-hydrogen) atoms. The molecule has 3 nitrogen and oxygen atoms in total. The van der Waals surface area contributed by atoms with Crippen molar-refractivity contribution < 1.29 is 9.53 Å². The number of likely N-dealkylation sites (N-methyl/N-ethyl adjacent to an activating group) is 1. The Kier molecular flexibility index (Phi) is 4.99. The van der Waals surface area contributed by atoms with Crippen molar-refractivity contribution in [2.75, 3.05) is 20.2 Å². The molecule has 0 saturated carbocycles. The lowest BCUT2D eigenvalue weighted by atomic mass is 10.1. The van der Waals surface area contributed by atoms with Crippen LogP contribution in [0.1, 0.15) is 25.5 Å². The van der Waals surface area contributed by atoms with Crippen LogP contribution in [0.5, 0.6) is 0 Å². The molecule has 88 valence electrons. The first kappa shape index (κ1) is 12.7. The number of carbonyl (C=O) groups is 1. The van der Waals surface area contributed by atoms with Crippen molar-refractivity contribution in [2.45, 2.75) is 19.9 Å². The summed E-state index contributed by atoms with van der Waals surface area (Å²) < 4.78 is 5.10. The molecule has 1 aromatic rings. The topological polar surface area (TPSA) is 29.5 Å². The number of hydrogen-bond acceptors (Lipinski definition) is 3. The van der Waals surface area contributed by atoms with E-state index < -0.39 is 0 Å². The maximum atomic E-state index is 11.9. The molecule has 0 fully saturated rings. The second-order valence-corrected chi connectivity index (χ2v) is 3.64. The van der Waals surface area contributed by atoms with Crippen LogP contribution in [-0.4, -0.2) is 31.1 Å². The minimum Gasteiger partial charge on any atom is -0.465 e. The highest BCUT2D eigenvalue weighted by molar-refractivity contribution is 5.77. The molecule has 0 saturated heterocycles. The summed E-state index contributed by atoms with van der Waals surface area (Å²) in [6.07, 6.45) is 0. The molecule has 0 bridgehead atoms. The number of hydrogen-bond donors (Lipinski definition) is 0. The Labute approximate surface area is 97.0 Å². The van der Waals surface area contributed by atoms with Gasteiger partial charge in [0.2, 0.25) is 0 Å². The molecule has 0 aliphatic heterocycles. The van der Waals surface area contributed by atoms with Crippen molar-refractivity contribution in [3.8, 4) is 0 Å². The van der Waals surface area contributed by atoms with Crippen LogP contribution in [0, 0.1) is 0 Å². The van der Waals surface area contributed by atoms with E-state index in [9.17, 15) is 4.79 Å². The number of nitrogens with zero attached hydrogens (tertiary/aromatic N) is 1. The maximum absolute atomic E-state index is 11.9. The van der Waals surface area contributed by atoms with Crippen LogP contribution in [-0.2, 0) is 9.53 Å². The van der Waals surface area contributed by atoms with Crippen molar-refractivity contribution in [3.05, 3.63) is 35.9 Å². The zero-order valence-corrected chi connectivity index (χ0v) is 10.1. The first-order valence-corrected chi connectivity index (χ1v) is 5.62. The second kappa shape index (κ2) is 6.28. The zero-order valence-electron chi connectivity index (χ0n) is 10.1. The van der Waals surface area contributed by atoms with Gasteiger partial charge in [-0.2, -0.15) is 0 Å². The monoisotopic (exact) mass is 221 g/mol. The predicted molar refractivity (Wildman–Crippen MR) is 64.1 cm³/mol. The molecule has 0 radical (unpaired) electrons. The molecule has 1 rings (SSSR count). The van der Waals surface area contributed by atoms with Crippen molar-refractivity contribution >= 4 is 5.97 Å². The third kappa shape index (κ3) is 3.07. The Balaban J connectivity index is 2.92. The normalized spacial score (nSPS) is 12.5. The van der Waals surface area contributed by atoms with Gasteiger partial charge in [0.15, 0.2) is 0 Å². The maximum Gasteiger partial charge on any atom is 0.327 e. The van der Waals surface area contributed by atoms with Gasteiger partial charge >= 0.3 is 5.97 Å². The lowest BCUT2D eigenvalue weighted by molar-refractivity contribution is -0.149. The average Bonchev–Trinajstić information content (AvgIpc) is 2.31. The Bertz CT molecular complexity index is 324. The van der Waals surface area contributed by atoms with E-state index in [4.69, 9.17) is 4.74 Å². The van der Waals surface area contributed by atoms with Crippen molar-refractivity contribution in [2.24, 2.45) is 0 Å². The zero-order chi connectivity index (χ0) is 12.0. The van der Waals surface area contributed by atoms with E-state index in [0.29, 0.717) is 6.61 Å². The van der Waals surface area contributed by atoms with E-state index in [1.54, 1.807) is 0 Å². The minimum absolute atomic E-state index is 0.182. The van der Waals surface area contributed by atoms with Gasteiger partial charge in [-0.3, -0.25) is 4.90 Å². The number of carbonyl (C=O) groups excluding carboxylic acids is 1. The van der Waals surface area contributed by atoms with E-state index in [-0.39, 0.29) is 12.0 Å². The van der Waals surface area contributed by atoms with Gasteiger partial charge in [-0.25, -0.2) is 4.79 Å². The quantitative estimate of drug-likeness (QED) is 0.714. The summed E-state index contributed by atoms with van der Waals surface area (Å²) in [7, 11) is 1.93. The van der Waals surface area contributed by atoms with E-state index in [0.717, 1.165) is 12.1 Å². The summed E-state index contributed by atoms with van der Waals surface area (Å²) in [6, 6.07) is 9.42. The Hall–Kier alpha value is -1.35. The van der Waals surface area contributed by atoms with Gasteiger partial charge < -0.3 is 4.74 Å². The second-order valence-electron chi connectivity index (χ2n) is 3.64. The average molecular weight is 221 g/mol. The highest BCUT2D eigenvalue weighted by Crippen LogP contribution is 2.20. The van der Waals surface area contributed by atoms with Crippen LogP contribution in [0.25, 0.3) is 0 Å². The summed E-state index contributed by atoms with van der Waals surface area (Å²) in [5.41, 5.74) is 0.977. The lowest BCUT2D eigenvalue weighted by Gasteiger charge is -2.25. The highest BCUT2D eigenvalue weighted by Gasteiger charge is 2.24. The molecule has 1 unspecified atom stereocenters. The van der Waals surface area contributed by atoms with Crippen LogP contribution < -0.4 is 0 Å². The largest absolute Gasteiger partial charge is 0.465 e. The summed E-state index contributed by atoms with van der Waals surface area (Å²) in [6.45, 7) is 5.07. The molecule has 0 aliphatic carbocycles. The fourth-order valence-electron chi connectivity index (χ4n) is 1.61. The predicted octanol–water partition coefficient (Wildman–Crippen LogP) is 2.24. The van der Waals surface area contributed by atoms with Crippen LogP contribution >= 0.6 is 0 Å². The van der Waals surface area contributed by atoms with Gasteiger partial charge in [0, 0.05) is 0 Å². The van der Waals surface area contributed by atoms with Crippen molar-refractivity contribution in [1.29, 1.82) is 0 Å². The molecule has 0 aliphatic rings. The Morgan fingerprint density at radius 1 is 1.31 bits per heavy atom. The smallest absolute Gasteiger partial charge is 0.327 e. The van der Waals surface area contributed by atoms with Crippen molar-refractivity contribution in [3.63, 3.8) is 0 Å². The number of ether oxygens (including phenoxy) is 1. The van der Waals surface area contributed by atoms with Crippen LogP contribution in [0.4, 0.5) is 0 Å². The molecule has 1 atom stereocenters. The summed E-state index contributed by atoms with van der Waals surface area (Å²) in [5.74, 6) is -0.182. The van der Waals surface area contributed by atoms with E-state index >= 15 is 0 Å². The molecule has 1 aromatic carbocycles. The molecular formula is C13H19NO2. The molecule has 0 heterocycles. The van der Waals surface area contributed by atoms with E-state index in [2.05, 4.69) is 0 Å². The highest BCUT2D eigenvalue weighted by atomic mass is 16.5. The van der Waals surface area contributed by atoms with E-state index in [1.807, 2.05) is 56.1 Å². The van der Waals surface area contributed by atoms with Gasteiger partial charge in [0.25, 0.3) is 0 Å². The SMILES string of the molecule is CCOC(=O)C(c1ccccc1)N(C)CC. The van der Waals surface area contributed by atoms with Crippen LogP contribution in [0.2, 0.25) is 0 Å². The molecule has 0 spiro atoms. The van der Waals surface area contributed by atoms with Gasteiger partial charge in [-0.05, 0) is 26.1 Å². The minimum atomic E-state index is -0.300. The first-order chi connectivity index (χ1) is 7.70. The van der Waals surface area contributed by atoms with Crippen LogP contribution in [0.15, 0.2) is 30.3 Å². The summed E-state index contributed by atoms with van der Waals surface area (Å²) in [4.78, 5) is 13.9. The van der Waals surface area contributed by atoms with Gasteiger partial charge in [0.05, 0.1) is 6.61 Å². The molecule has 0 amide bonds. The van der Waals surface area contributed by atoms with Crippen molar-refractivity contribution in [1.82, 2.24) is 4.90 Å². The molecule has 0 aromatic heterocycles.